The maximum Gasteiger partial charge on any atom is 0.239 e. The van der Waals surface area contributed by atoms with Crippen molar-refractivity contribution in [3.8, 4) is 0 Å². The first-order chi connectivity index (χ1) is 10.7. The van der Waals surface area contributed by atoms with E-state index in [1.165, 1.54) is 0 Å². The second-order valence-corrected chi connectivity index (χ2v) is 6.08. The topological polar surface area (TPSA) is 65.5 Å². The number of carbonyl (C=O) groups excluding carboxylic acids is 1. The molecule has 136 valence electrons. The van der Waals surface area contributed by atoms with Crippen LogP contribution in [0.3, 0.4) is 0 Å². The Balaban J connectivity index is 0.00000529. The summed E-state index contributed by atoms with van der Waals surface area (Å²) in [6.45, 7) is 8.12. The highest BCUT2D eigenvalue weighted by Gasteiger charge is 2.13. The molecule has 0 unspecified atom stereocenters. The molecule has 0 saturated carbocycles. The van der Waals surface area contributed by atoms with Crippen molar-refractivity contribution >= 4 is 35.8 Å². The van der Waals surface area contributed by atoms with Crippen molar-refractivity contribution in [2.24, 2.45) is 4.99 Å². The van der Waals surface area contributed by atoms with E-state index in [4.69, 9.17) is 0 Å². The van der Waals surface area contributed by atoms with E-state index in [1.807, 2.05) is 27.7 Å². The predicted molar refractivity (Wildman–Crippen MR) is 102 cm³/mol. The number of aliphatic imine (C=N–C) groups is 1. The number of nitrogens with zero attached hydrogens (tertiary/aromatic N) is 1. The molecule has 8 heteroatoms. The van der Waals surface area contributed by atoms with Gasteiger partial charge in [-0.2, -0.15) is 0 Å². The zero-order valence-corrected chi connectivity index (χ0v) is 16.7. The van der Waals surface area contributed by atoms with E-state index in [9.17, 15) is 13.6 Å². The molecule has 0 heterocycles. The van der Waals surface area contributed by atoms with Crippen molar-refractivity contribution < 1.29 is 13.6 Å². The van der Waals surface area contributed by atoms with Crippen molar-refractivity contribution in [1.82, 2.24) is 16.0 Å². The fourth-order valence-electron chi connectivity index (χ4n) is 1.80. The smallest absolute Gasteiger partial charge is 0.239 e. The molecule has 0 aliphatic rings. The standard InChI is InChI=1S/C16H24F2N4O.HI/c1-5-19-15(21-10-14(23)22-16(2,3)4)20-9-11-8-12(17)6-7-13(11)18;/h6-8H,5,9-10H2,1-4H3,(H,22,23)(H2,19,20,21);1H. The summed E-state index contributed by atoms with van der Waals surface area (Å²) in [5.74, 6) is -0.851. The molecule has 5 nitrogen and oxygen atoms in total. The molecule has 1 rings (SSSR count). The maximum atomic E-state index is 13.6. The lowest BCUT2D eigenvalue weighted by Crippen LogP contribution is -2.48. The zero-order valence-electron chi connectivity index (χ0n) is 14.4. The van der Waals surface area contributed by atoms with Crippen molar-refractivity contribution in [1.29, 1.82) is 0 Å². The maximum absolute atomic E-state index is 13.6. The van der Waals surface area contributed by atoms with Crippen LogP contribution in [0.4, 0.5) is 8.78 Å². The molecule has 1 aromatic rings. The van der Waals surface area contributed by atoms with Gasteiger partial charge in [0.1, 0.15) is 11.6 Å². The molecule has 3 N–H and O–H groups in total. The fraction of sp³-hybridized carbons (Fsp3) is 0.500. The lowest BCUT2D eigenvalue weighted by molar-refractivity contribution is -0.121. The van der Waals surface area contributed by atoms with Crippen LogP contribution in [0.25, 0.3) is 0 Å². The number of amides is 1. The Morgan fingerprint density at radius 2 is 1.88 bits per heavy atom. The molecule has 0 aromatic heterocycles. The van der Waals surface area contributed by atoms with Gasteiger partial charge in [-0.25, -0.2) is 13.8 Å². The Hall–Kier alpha value is -1.45. The van der Waals surface area contributed by atoms with Gasteiger partial charge in [0.25, 0.3) is 0 Å². The molecular formula is C16H25F2IN4O. The van der Waals surface area contributed by atoms with Crippen LogP contribution in [-0.2, 0) is 11.3 Å². The fourth-order valence-corrected chi connectivity index (χ4v) is 1.80. The molecule has 1 amide bonds. The Kier molecular flexibility index (Phi) is 9.79. The average Bonchev–Trinajstić information content (AvgIpc) is 2.43. The Bertz CT molecular complexity index is 574. The number of halogens is 3. The lowest BCUT2D eigenvalue weighted by Gasteiger charge is -2.21. The summed E-state index contributed by atoms with van der Waals surface area (Å²) in [4.78, 5) is 15.9. The zero-order chi connectivity index (χ0) is 17.5. The minimum absolute atomic E-state index is 0. The lowest BCUT2D eigenvalue weighted by atomic mass is 10.1. The number of rotatable bonds is 5. The van der Waals surface area contributed by atoms with Crippen LogP contribution in [0.15, 0.2) is 23.2 Å². The quantitative estimate of drug-likeness (QED) is 0.364. The first kappa shape index (κ1) is 22.6. The van der Waals surface area contributed by atoms with Gasteiger partial charge in [0.15, 0.2) is 5.96 Å². The van der Waals surface area contributed by atoms with E-state index in [0.29, 0.717) is 12.5 Å². The molecule has 0 saturated heterocycles. The first-order valence-corrected chi connectivity index (χ1v) is 7.48. The van der Waals surface area contributed by atoms with E-state index in [-0.39, 0.29) is 54.1 Å². The third-order valence-corrected chi connectivity index (χ3v) is 2.69. The summed E-state index contributed by atoms with van der Waals surface area (Å²) in [5, 5.41) is 8.62. The van der Waals surface area contributed by atoms with Crippen LogP contribution in [-0.4, -0.2) is 30.5 Å². The highest BCUT2D eigenvalue weighted by molar-refractivity contribution is 14.0. The van der Waals surface area contributed by atoms with Crippen LogP contribution < -0.4 is 16.0 Å². The third-order valence-electron chi connectivity index (χ3n) is 2.69. The van der Waals surface area contributed by atoms with Crippen LogP contribution in [0, 0.1) is 11.6 Å². The third kappa shape index (κ3) is 8.99. The monoisotopic (exact) mass is 454 g/mol. The van der Waals surface area contributed by atoms with Crippen LogP contribution in [0.1, 0.15) is 33.3 Å². The first-order valence-electron chi connectivity index (χ1n) is 7.48. The van der Waals surface area contributed by atoms with Crippen molar-refractivity contribution in [2.75, 3.05) is 13.1 Å². The van der Waals surface area contributed by atoms with E-state index in [0.717, 1.165) is 18.2 Å². The molecule has 0 fully saturated rings. The van der Waals surface area contributed by atoms with E-state index >= 15 is 0 Å². The molecule has 0 bridgehead atoms. The number of benzene rings is 1. The van der Waals surface area contributed by atoms with Gasteiger partial charge < -0.3 is 16.0 Å². The van der Waals surface area contributed by atoms with Gasteiger partial charge in [0, 0.05) is 17.6 Å². The summed E-state index contributed by atoms with van der Waals surface area (Å²) in [7, 11) is 0. The van der Waals surface area contributed by atoms with Gasteiger partial charge in [-0.05, 0) is 45.9 Å². The van der Waals surface area contributed by atoms with Gasteiger partial charge in [-0.1, -0.05) is 0 Å². The van der Waals surface area contributed by atoms with E-state index in [2.05, 4.69) is 20.9 Å². The molecule has 0 spiro atoms. The molecular weight excluding hydrogens is 429 g/mol. The van der Waals surface area contributed by atoms with Gasteiger partial charge >= 0.3 is 0 Å². The number of hydrogen-bond donors (Lipinski definition) is 3. The highest BCUT2D eigenvalue weighted by Crippen LogP contribution is 2.10. The summed E-state index contributed by atoms with van der Waals surface area (Å²) in [5.41, 5.74) is -0.166. The minimum atomic E-state index is -0.517. The largest absolute Gasteiger partial charge is 0.357 e. The second kappa shape index (κ2) is 10.4. The van der Waals surface area contributed by atoms with Crippen molar-refractivity contribution in [3.05, 3.63) is 35.4 Å². The SMILES string of the molecule is CCNC(=NCc1cc(F)ccc1F)NCC(=O)NC(C)(C)C.I. The second-order valence-electron chi connectivity index (χ2n) is 6.08. The van der Waals surface area contributed by atoms with Crippen molar-refractivity contribution in [3.63, 3.8) is 0 Å². The van der Waals surface area contributed by atoms with Gasteiger partial charge in [-0.15, -0.1) is 24.0 Å². The number of guanidine groups is 1. The summed E-state index contributed by atoms with van der Waals surface area (Å²) in [6, 6.07) is 3.23. The average molecular weight is 454 g/mol. The Labute approximate surface area is 158 Å². The highest BCUT2D eigenvalue weighted by atomic mass is 127. The molecule has 0 atom stereocenters. The summed E-state index contributed by atoms with van der Waals surface area (Å²) < 4.78 is 26.7. The Morgan fingerprint density at radius 1 is 1.21 bits per heavy atom. The molecule has 1 aromatic carbocycles. The summed E-state index contributed by atoms with van der Waals surface area (Å²) in [6.07, 6.45) is 0. The van der Waals surface area contributed by atoms with E-state index < -0.39 is 11.6 Å². The molecule has 24 heavy (non-hydrogen) atoms. The van der Waals surface area contributed by atoms with Gasteiger partial charge in [-0.3, -0.25) is 4.79 Å². The predicted octanol–water partition coefficient (Wildman–Crippen LogP) is 2.55. The number of nitrogens with one attached hydrogen (secondary N) is 3. The molecule has 0 radical (unpaired) electrons. The van der Waals surface area contributed by atoms with E-state index in [1.54, 1.807) is 0 Å². The van der Waals surface area contributed by atoms with Gasteiger partial charge in [0.05, 0.1) is 13.1 Å². The van der Waals surface area contributed by atoms with Gasteiger partial charge in [0.2, 0.25) is 5.91 Å². The molecule has 0 aliphatic heterocycles. The van der Waals surface area contributed by atoms with Crippen LogP contribution >= 0.6 is 24.0 Å². The summed E-state index contributed by atoms with van der Waals surface area (Å²) >= 11 is 0. The minimum Gasteiger partial charge on any atom is -0.357 e. The van der Waals surface area contributed by atoms with Crippen LogP contribution in [0.5, 0.6) is 0 Å². The molecule has 0 aliphatic carbocycles. The van der Waals surface area contributed by atoms with Crippen molar-refractivity contribution in [2.45, 2.75) is 39.8 Å². The normalized spacial score (nSPS) is 11.5. The number of hydrogen-bond acceptors (Lipinski definition) is 2. The van der Waals surface area contributed by atoms with Crippen LogP contribution in [0.2, 0.25) is 0 Å². The number of carbonyl (C=O) groups is 1. The Morgan fingerprint density at radius 3 is 2.46 bits per heavy atom.